The summed E-state index contributed by atoms with van der Waals surface area (Å²) in [6.07, 6.45) is -23.6. The summed E-state index contributed by atoms with van der Waals surface area (Å²) in [7, 11) is 0. The average Bonchev–Trinajstić information content (AvgIpc) is 2.81. The molecule has 0 heterocycles. The lowest BCUT2D eigenvalue weighted by molar-refractivity contribution is -0.483. The highest BCUT2D eigenvalue weighted by atomic mass is 19.4. The summed E-state index contributed by atoms with van der Waals surface area (Å²) in [5.74, 6) is -85.2. The maximum absolute atomic E-state index is 13.6. The van der Waals surface area contributed by atoms with Crippen molar-refractivity contribution in [2.45, 2.75) is 71.7 Å². The van der Waals surface area contributed by atoms with Crippen molar-refractivity contribution < 1.29 is 138 Å². The van der Waals surface area contributed by atoms with Crippen LogP contribution in [0.2, 0.25) is 0 Å². The number of hydrogen-bond donors (Lipinski definition) is 1. The fourth-order valence-corrected chi connectivity index (χ4v) is 2.10. The van der Waals surface area contributed by atoms with Gasteiger partial charge in [0.2, 0.25) is 0 Å². The Kier molecular flexibility index (Phi) is 10.3. The smallest absolute Gasteiger partial charge is 0.477 e. The number of ether oxygens (including phenoxy) is 2. The van der Waals surface area contributed by atoms with Gasteiger partial charge in [0.05, 0.1) is 0 Å². The first-order chi connectivity index (χ1) is 19.5. The van der Waals surface area contributed by atoms with E-state index in [-0.39, 0.29) is 0 Å². The predicted molar refractivity (Wildman–Crippen MR) is 79.5 cm³/mol. The zero-order valence-corrected chi connectivity index (χ0v) is 19.4. The molecular weight excluding hydrogens is 757 g/mol. The molecule has 0 aliphatic rings. The molecule has 0 fully saturated rings. The molecule has 0 aromatic heterocycles. The fraction of sp³-hybridized carbons (Fsp3) is 0.800. The number of carboxylic acids is 1. The van der Waals surface area contributed by atoms with E-state index in [1.54, 1.807) is 4.74 Å². The van der Waals surface area contributed by atoms with Crippen molar-refractivity contribution in [3.63, 3.8) is 0 Å². The van der Waals surface area contributed by atoms with E-state index < -0.39 is 89.7 Å². The lowest BCUT2D eigenvalue weighted by atomic mass is 9.87. The van der Waals surface area contributed by atoms with Gasteiger partial charge < -0.3 is 14.6 Å². The average molecular weight is 758 g/mol. The molecule has 0 spiro atoms. The third-order valence-electron chi connectivity index (χ3n) is 4.71. The molecule has 0 saturated heterocycles. The number of rotatable bonds is 14. The Morgan fingerprint density at radius 2 is 0.587 bits per heavy atom. The molecule has 0 aromatic rings. The number of halogens is 27. The monoisotopic (exact) mass is 758 g/mol. The molecule has 0 rings (SSSR count). The molecule has 46 heavy (non-hydrogen) atoms. The van der Waals surface area contributed by atoms with Crippen molar-refractivity contribution in [3.05, 3.63) is 12.0 Å². The summed E-state index contributed by atoms with van der Waals surface area (Å²) in [4.78, 5) is 9.91. The van der Waals surface area contributed by atoms with Crippen molar-refractivity contribution in [1.82, 2.24) is 0 Å². The second-order valence-electron chi connectivity index (χ2n) is 7.76. The minimum absolute atomic E-state index is 1.43. The van der Waals surface area contributed by atoms with Crippen LogP contribution in [0.1, 0.15) is 0 Å². The summed E-state index contributed by atoms with van der Waals surface area (Å²) in [6.45, 7) is 0. The second kappa shape index (κ2) is 11.0. The van der Waals surface area contributed by atoms with Crippen molar-refractivity contribution in [2.75, 3.05) is 0 Å². The van der Waals surface area contributed by atoms with Gasteiger partial charge >= 0.3 is 89.7 Å². The summed E-state index contributed by atoms with van der Waals surface area (Å²) in [5.41, 5.74) is 0. The van der Waals surface area contributed by atoms with Gasteiger partial charge in [-0.2, -0.15) is 119 Å². The van der Waals surface area contributed by atoms with E-state index in [0.29, 0.717) is 0 Å². The van der Waals surface area contributed by atoms with Gasteiger partial charge in [0.15, 0.2) is 0 Å². The molecule has 0 aromatic carbocycles. The van der Waals surface area contributed by atoms with Gasteiger partial charge in [-0.25, -0.2) is 4.79 Å². The predicted octanol–water partition coefficient (Wildman–Crippen LogP) is 8.64. The van der Waals surface area contributed by atoms with E-state index in [0.717, 1.165) is 0 Å². The molecule has 1 N–H and O–H groups in total. The van der Waals surface area contributed by atoms with Crippen molar-refractivity contribution in [1.29, 1.82) is 0 Å². The molecule has 31 heteroatoms. The van der Waals surface area contributed by atoms with Crippen molar-refractivity contribution in [3.8, 4) is 0 Å². The second-order valence-corrected chi connectivity index (χ2v) is 7.76. The number of carboxylic acid groups (broad SMARTS) is 1. The quantitative estimate of drug-likeness (QED) is 0.143. The first-order valence-electron chi connectivity index (χ1n) is 9.35. The van der Waals surface area contributed by atoms with Crippen LogP contribution in [-0.4, -0.2) is 82.8 Å². The third-order valence-corrected chi connectivity index (χ3v) is 4.71. The Morgan fingerprint density at radius 1 is 0.370 bits per heavy atom. The highest BCUT2D eigenvalue weighted by Gasteiger charge is 2.98. The van der Waals surface area contributed by atoms with E-state index in [1.165, 1.54) is 4.74 Å². The van der Waals surface area contributed by atoms with Gasteiger partial charge in [-0.15, -0.1) is 0 Å². The standard InChI is InChI=1S/C15HF27O4/c16-1(45-14(39,40)4(18,19)3(43)44)2(17)46-15(41,42)12(34,35)10(30,31)8(26,27)6(22,23)5(20,21)7(24,25)9(28,29)11(32,33)13(36,37)38/h(H,43,44)/b2-1+. The van der Waals surface area contributed by atoms with Gasteiger partial charge in [-0.05, 0) is 0 Å². The Bertz CT molecular complexity index is 1180. The molecule has 274 valence electrons. The van der Waals surface area contributed by atoms with Gasteiger partial charge in [-0.1, -0.05) is 0 Å². The molecular formula is C15HF27O4. The largest absolute Gasteiger partial charge is 0.478 e. The molecule has 4 nitrogen and oxygen atoms in total. The van der Waals surface area contributed by atoms with Crippen LogP contribution < -0.4 is 0 Å². The van der Waals surface area contributed by atoms with Crippen LogP contribution in [0.5, 0.6) is 0 Å². The summed E-state index contributed by atoms with van der Waals surface area (Å²) in [6, 6.07) is -9.51. The SMILES string of the molecule is O=C(O)C(F)(F)C(F)(F)O/C(F)=C(\F)OC(F)(F)C(F)(F)C(F)(F)C(F)(F)C(F)(F)C(F)(F)C(F)(F)C(F)(F)C(F)(F)C(F)(F)F. The van der Waals surface area contributed by atoms with Crippen LogP contribution in [0.25, 0.3) is 0 Å². The third kappa shape index (κ3) is 5.70. The molecule has 0 bridgehead atoms. The minimum Gasteiger partial charge on any atom is -0.477 e. The summed E-state index contributed by atoms with van der Waals surface area (Å²) in [5, 5.41) is 7.74. The molecule has 0 unspecified atom stereocenters. The first kappa shape index (κ1) is 42.9. The number of aliphatic carboxylic acids is 1. The normalized spacial score (nSPS) is 16.7. The number of carbonyl (C=O) groups is 1. The number of hydrogen-bond acceptors (Lipinski definition) is 3. The van der Waals surface area contributed by atoms with Crippen LogP contribution in [0.15, 0.2) is 12.0 Å². The summed E-state index contributed by atoms with van der Waals surface area (Å²) < 4.78 is 357. The van der Waals surface area contributed by atoms with Crippen LogP contribution in [0.4, 0.5) is 119 Å². The lowest BCUT2D eigenvalue weighted by Crippen LogP contribution is -2.76. The zero-order valence-electron chi connectivity index (χ0n) is 19.4. The molecule has 0 radical (unpaired) electrons. The molecule has 0 aliphatic carbocycles. The van der Waals surface area contributed by atoms with E-state index >= 15 is 0 Å². The van der Waals surface area contributed by atoms with Crippen LogP contribution in [-0.2, 0) is 14.3 Å². The van der Waals surface area contributed by atoms with E-state index in [2.05, 4.69) is 0 Å². The zero-order chi connectivity index (χ0) is 38.1. The molecule has 0 atom stereocenters. The topological polar surface area (TPSA) is 55.8 Å². The van der Waals surface area contributed by atoms with Gasteiger partial charge in [0.25, 0.3) is 0 Å². The van der Waals surface area contributed by atoms with E-state index in [1.807, 2.05) is 0 Å². The van der Waals surface area contributed by atoms with Gasteiger partial charge in [0.1, 0.15) is 0 Å². The highest BCUT2D eigenvalue weighted by Crippen LogP contribution is 2.66. The van der Waals surface area contributed by atoms with E-state index in [4.69, 9.17) is 5.11 Å². The molecule has 0 aliphatic heterocycles. The maximum Gasteiger partial charge on any atom is 0.478 e. The Balaban J connectivity index is 7.03. The van der Waals surface area contributed by atoms with Crippen molar-refractivity contribution in [2.24, 2.45) is 0 Å². The molecule has 0 saturated carbocycles. The van der Waals surface area contributed by atoms with Crippen molar-refractivity contribution >= 4 is 5.97 Å². The van der Waals surface area contributed by atoms with Crippen LogP contribution in [0.3, 0.4) is 0 Å². The number of alkyl halides is 25. The van der Waals surface area contributed by atoms with Gasteiger partial charge in [-0.3, -0.25) is 0 Å². The Hall–Kier alpha value is -3.08. The lowest BCUT2D eigenvalue weighted by Gasteiger charge is -2.44. The molecule has 0 amide bonds. The van der Waals surface area contributed by atoms with Crippen LogP contribution >= 0.6 is 0 Å². The maximum atomic E-state index is 13.6. The highest BCUT2D eigenvalue weighted by molar-refractivity contribution is 5.76. The fourth-order valence-electron chi connectivity index (χ4n) is 2.10. The Labute approximate surface area is 229 Å². The Morgan fingerprint density at radius 3 is 0.826 bits per heavy atom. The van der Waals surface area contributed by atoms with Crippen LogP contribution in [0, 0.1) is 0 Å². The van der Waals surface area contributed by atoms with E-state index in [9.17, 15) is 123 Å². The summed E-state index contributed by atoms with van der Waals surface area (Å²) >= 11 is 0. The van der Waals surface area contributed by atoms with Gasteiger partial charge in [0, 0.05) is 0 Å². The minimum atomic E-state index is -9.62. The first-order valence-corrected chi connectivity index (χ1v) is 9.35.